The highest BCUT2D eigenvalue weighted by molar-refractivity contribution is 5.76. The molecule has 0 spiro atoms. The normalized spacial score (nSPS) is 14.0. The number of aromatic amines is 1. The SMILES string of the molecule is Cc1nc2c([nH]1)CN(C(=O)CCc1cccc(CN)c1)CC2. The van der Waals surface area contributed by atoms with Gasteiger partial charge in [0.25, 0.3) is 0 Å². The van der Waals surface area contributed by atoms with E-state index in [1.54, 1.807) is 0 Å². The zero-order valence-corrected chi connectivity index (χ0v) is 12.9. The maximum Gasteiger partial charge on any atom is 0.223 e. The number of nitrogens with two attached hydrogens (primary N) is 1. The summed E-state index contributed by atoms with van der Waals surface area (Å²) in [5.41, 5.74) is 10.1. The number of carbonyl (C=O) groups is 1. The lowest BCUT2D eigenvalue weighted by molar-refractivity contribution is -0.132. The van der Waals surface area contributed by atoms with Crippen LogP contribution in [0.15, 0.2) is 24.3 Å². The number of aryl methyl sites for hydroxylation is 2. The van der Waals surface area contributed by atoms with Crippen LogP contribution in [0.4, 0.5) is 0 Å². The zero-order chi connectivity index (χ0) is 15.5. The number of imidazole rings is 1. The summed E-state index contributed by atoms with van der Waals surface area (Å²) in [6, 6.07) is 8.15. The molecular formula is C17H22N4O. The number of amides is 1. The Kier molecular flexibility index (Phi) is 4.24. The fourth-order valence-electron chi connectivity index (χ4n) is 2.97. The number of aromatic nitrogens is 2. The minimum absolute atomic E-state index is 0.205. The summed E-state index contributed by atoms with van der Waals surface area (Å²) in [7, 11) is 0. The van der Waals surface area contributed by atoms with E-state index in [9.17, 15) is 4.79 Å². The van der Waals surface area contributed by atoms with Crippen molar-refractivity contribution in [3.05, 3.63) is 52.6 Å². The molecule has 0 unspecified atom stereocenters. The van der Waals surface area contributed by atoms with Gasteiger partial charge in [0.15, 0.2) is 0 Å². The Morgan fingerprint density at radius 2 is 2.23 bits per heavy atom. The van der Waals surface area contributed by atoms with Crippen LogP contribution >= 0.6 is 0 Å². The van der Waals surface area contributed by atoms with Gasteiger partial charge in [-0.3, -0.25) is 4.79 Å². The standard InChI is InChI=1S/C17H22N4O/c1-12-19-15-7-8-21(11-16(15)20-12)17(22)6-5-13-3-2-4-14(9-13)10-18/h2-4,9H,5-8,10-11,18H2,1H3,(H,19,20). The van der Waals surface area contributed by atoms with Crippen molar-refractivity contribution in [3.63, 3.8) is 0 Å². The van der Waals surface area contributed by atoms with Crippen LogP contribution in [0.2, 0.25) is 0 Å². The summed E-state index contributed by atoms with van der Waals surface area (Å²) in [5, 5.41) is 0. The molecule has 116 valence electrons. The van der Waals surface area contributed by atoms with Crippen molar-refractivity contribution in [1.29, 1.82) is 0 Å². The van der Waals surface area contributed by atoms with Crippen molar-refractivity contribution in [2.45, 2.75) is 39.3 Å². The molecule has 3 rings (SSSR count). The molecule has 2 heterocycles. The minimum Gasteiger partial charge on any atom is -0.344 e. The van der Waals surface area contributed by atoms with Crippen molar-refractivity contribution in [2.24, 2.45) is 5.73 Å². The average molecular weight is 298 g/mol. The van der Waals surface area contributed by atoms with Crippen LogP contribution in [0.1, 0.15) is 34.8 Å². The van der Waals surface area contributed by atoms with Crippen LogP contribution in [0.5, 0.6) is 0 Å². The van der Waals surface area contributed by atoms with Crippen LogP contribution in [-0.2, 0) is 30.7 Å². The van der Waals surface area contributed by atoms with Crippen LogP contribution in [0.3, 0.4) is 0 Å². The van der Waals surface area contributed by atoms with E-state index in [-0.39, 0.29) is 5.91 Å². The van der Waals surface area contributed by atoms with E-state index in [4.69, 9.17) is 5.73 Å². The molecule has 0 fully saturated rings. The first-order chi connectivity index (χ1) is 10.7. The number of fused-ring (bicyclic) bond motifs is 1. The molecule has 2 aromatic rings. The first-order valence-electron chi connectivity index (χ1n) is 7.75. The summed E-state index contributed by atoms with van der Waals surface area (Å²) >= 11 is 0. The van der Waals surface area contributed by atoms with E-state index < -0.39 is 0 Å². The minimum atomic E-state index is 0.205. The monoisotopic (exact) mass is 298 g/mol. The molecule has 0 bridgehead atoms. The quantitative estimate of drug-likeness (QED) is 0.902. The number of nitrogens with zero attached hydrogens (tertiary/aromatic N) is 2. The van der Waals surface area contributed by atoms with Gasteiger partial charge < -0.3 is 15.6 Å². The lowest BCUT2D eigenvalue weighted by Gasteiger charge is -2.26. The Morgan fingerprint density at radius 3 is 3.05 bits per heavy atom. The van der Waals surface area contributed by atoms with E-state index in [2.05, 4.69) is 22.1 Å². The van der Waals surface area contributed by atoms with Gasteiger partial charge in [-0.15, -0.1) is 0 Å². The summed E-state index contributed by atoms with van der Waals surface area (Å²) < 4.78 is 0. The molecule has 5 heteroatoms. The number of rotatable bonds is 4. The molecule has 0 aliphatic carbocycles. The van der Waals surface area contributed by atoms with E-state index in [0.717, 1.165) is 42.2 Å². The third-order valence-electron chi connectivity index (χ3n) is 4.16. The molecule has 0 saturated carbocycles. The first-order valence-corrected chi connectivity index (χ1v) is 7.75. The van der Waals surface area contributed by atoms with Gasteiger partial charge in [-0.1, -0.05) is 24.3 Å². The van der Waals surface area contributed by atoms with Crippen molar-refractivity contribution >= 4 is 5.91 Å². The molecule has 1 aromatic heterocycles. The fourth-order valence-corrected chi connectivity index (χ4v) is 2.97. The molecule has 5 nitrogen and oxygen atoms in total. The van der Waals surface area contributed by atoms with Crippen molar-refractivity contribution in [3.8, 4) is 0 Å². The van der Waals surface area contributed by atoms with Crippen LogP contribution in [0.25, 0.3) is 0 Å². The maximum absolute atomic E-state index is 12.4. The highest BCUT2D eigenvalue weighted by Crippen LogP contribution is 2.18. The maximum atomic E-state index is 12.4. The molecule has 3 N–H and O–H groups in total. The Bertz CT molecular complexity index is 677. The van der Waals surface area contributed by atoms with Gasteiger partial charge in [-0.05, 0) is 24.5 Å². The molecule has 0 radical (unpaired) electrons. The third-order valence-corrected chi connectivity index (χ3v) is 4.16. The van der Waals surface area contributed by atoms with Crippen LogP contribution < -0.4 is 5.73 Å². The molecule has 1 aliphatic rings. The van der Waals surface area contributed by atoms with Crippen LogP contribution in [0, 0.1) is 6.92 Å². The van der Waals surface area contributed by atoms with Gasteiger partial charge in [-0.25, -0.2) is 4.98 Å². The lowest BCUT2D eigenvalue weighted by Crippen LogP contribution is -2.36. The van der Waals surface area contributed by atoms with Gasteiger partial charge in [-0.2, -0.15) is 0 Å². The van der Waals surface area contributed by atoms with Crippen molar-refractivity contribution in [1.82, 2.24) is 14.9 Å². The zero-order valence-electron chi connectivity index (χ0n) is 12.9. The molecular weight excluding hydrogens is 276 g/mol. The third kappa shape index (κ3) is 3.20. The second-order valence-electron chi connectivity index (χ2n) is 5.84. The van der Waals surface area contributed by atoms with E-state index in [1.165, 1.54) is 5.56 Å². The molecule has 0 saturated heterocycles. The number of hydrogen-bond donors (Lipinski definition) is 2. The van der Waals surface area contributed by atoms with Gasteiger partial charge in [0.2, 0.25) is 5.91 Å². The molecule has 1 aliphatic heterocycles. The van der Waals surface area contributed by atoms with E-state index >= 15 is 0 Å². The molecule has 22 heavy (non-hydrogen) atoms. The highest BCUT2D eigenvalue weighted by Gasteiger charge is 2.22. The Balaban J connectivity index is 1.58. The molecule has 0 atom stereocenters. The molecule has 1 aromatic carbocycles. The topological polar surface area (TPSA) is 75.0 Å². The lowest BCUT2D eigenvalue weighted by atomic mass is 10.1. The number of nitrogens with one attached hydrogen (secondary N) is 1. The smallest absolute Gasteiger partial charge is 0.223 e. The Hall–Kier alpha value is -2.14. The van der Waals surface area contributed by atoms with Gasteiger partial charge in [0, 0.05) is 25.9 Å². The van der Waals surface area contributed by atoms with Gasteiger partial charge in [0.1, 0.15) is 5.82 Å². The highest BCUT2D eigenvalue weighted by atomic mass is 16.2. The summed E-state index contributed by atoms with van der Waals surface area (Å²) in [4.78, 5) is 22.0. The van der Waals surface area contributed by atoms with Gasteiger partial charge in [0.05, 0.1) is 17.9 Å². The fraction of sp³-hybridized carbons (Fsp3) is 0.412. The number of H-pyrrole nitrogens is 1. The van der Waals surface area contributed by atoms with Crippen molar-refractivity contribution < 1.29 is 4.79 Å². The van der Waals surface area contributed by atoms with Gasteiger partial charge >= 0.3 is 0 Å². The van der Waals surface area contributed by atoms with E-state index in [0.29, 0.717) is 19.5 Å². The Morgan fingerprint density at radius 1 is 1.41 bits per heavy atom. The largest absolute Gasteiger partial charge is 0.344 e. The first kappa shape index (κ1) is 14.8. The second-order valence-corrected chi connectivity index (χ2v) is 5.84. The van der Waals surface area contributed by atoms with Crippen molar-refractivity contribution in [2.75, 3.05) is 6.54 Å². The summed E-state index contributed by atoms with van der Waals surface area (Å²) in [6.45, 7) is 3.90. The Labute approximate surface area is 130 Å². The second kappa shape index (κ2) is 6.32. The predicted molar refractivity (Wildman–Crippen MR) is 85.1 cm³/mol. The predicted octanol–water partition coefficient (Wildman–Crippen LogP) is 1.69. The number of benzene rings is 1. The average Bonchev–Trinajstić information content (AvgIpc) is 2.91. The van der Waals surface area contributed by atoms with E-state index in [1.807, 2.05) is 24.0 Å². The molecule has 1 amide bonds. The number of hydrogen-bond acceptors (Lipinski definition) is 3. The van der Waals surface area contributed by atoms with Crippen LogP contribution in [-0.4, -0.2) is 27.3 Å². The number of carbonyl (C=O) groups excluding carboxylic acids is 1. The summed E-state index contributed by atoms with van der Waals surface area (Å²) in [6.07, 6.45) is 2.14. The summed E-state index contributed by atoms with van der Waals surface area (Å²) in [5.74, 6) is 1.13.